The molecule has 4 rings (SSSR count). The van der Waals surface area contributed by atoms with Crippen LogP contribution >= 0.6 is 0 Å². The van der Waals surface area contributed by atoms with Gasteiger partial charge in [-0.15, -0.1) is 0 Å². The van der Waals surface area contributed by atoms with Crippen molar-refractivity contribution in [2.24, 2.45) is 16.7 Å². The Morgan fingerprint density at radius 1 is 1.19 bits per heavy atom. The average Bonchev–Trinajstić information content (AvgIpc) is 3.11. The zero-order valence-corrected chi connectivity index (χ0v) is 20.1. The van der Waals surface area contributed by atoms with Gasteiger partial charge in [-0.2, -0.15) is 0 Å². The lowest BCUT2D eigenvalue weighted by Crippen LogP contribution is -2.44. The van der Waals surface area contributed by atoms with Crippen LogP contribution in [0.1, 0.15) is 45.6 Å². The minimum Gasteiger partial charge on any atom is -0.381 e. The van der Waals surface area contributed by atoms with Gasteiger partial charge in [-0.25, -0.2) is 4.98 Å². The van der Waals surface area contributed by atoms with Crippen LogP contribution in [-0.4, -0.2) is 74.9 Å². The van der Waals surface area contributed by atoms with Gasteiger partial charge in [0.1, 0.15) is 5.82 Å². The first-order valence-corrected chi connectivity index (χ1v) is 12.2. The molecule has 178 valence electrons. The van der Waals surface area contributed by atoms with E-state index < -0.39 is 0 Å². The van der Waals surface area contributed by atoms with Crippen LogP contribution < -0.4 is 10.2 Å². The largest absolute Gasteiger partial charge is 0.381 e. The van der Waals surface area contributed by atoms with Crippen molar-refractivity contribution >= 4 is 11.7 Å². The number of nitrogens with zero attached hydrogens (tertiary/aromatic N) is 3. The number of anilines is 1. The van der Waals surface area contributed by atoms with Crippen molar-refractivity contribution in [1.82, 2.24) is 15.2 Å². The number of aromatic nitrogens is 1. The van der Waals surface area contributed by atoms with Crippen molar-refractivity contribution in [2.75, 3.05) is 64.1 Å². The molecule has 0 aromatic carbocycles. The van der Waals surface area contributed by atoms with Crippen LogP contribution in [0, 0.1) is 16.7 Å². The van der Waals surface area contributed by atoms with Gasteiger partial charge in [-0.1, -0.05) is 20.8 Å². The maximum atomic E-state index is 13.3. The van der Waals surface area contributed by atoms with Gasteiger partial charge in [-0.3, -0.25) is 9.69 Å². The molecule has 0 saturated carbocycles. The molecule has 0 radical (unpaired) electrons. The zero-order chi connectivity index (χ0) is 22.6. The van der Waals surface area contributed by atoms with Gasteiger partial charge in [0.25, 0.3) is 0 Å². The summed E-state index contributed by atoms with van der Waals surface area (Å²) in [6, 6.07) is 4.32. The van der Waals surface area contributed by atoms with E-state index in [1.165, 1.54) is 5.56 Å². The lowest BCUT2D eigenvalue weighted by atomic mass is 9.71. The number of carbonyl (C=O) groups excluding carboxylic acids is 1. The van der Waals surface area contributed by atoms with Crippen LogP contribution in [0.4, 0.5) is 5.82 Å². The Balaban J connectivity index is 1.42. The number of amides is 1. The summed E-state index contributed by atoms with van der Waals surface area (Å²) in [5.74, 6) is 1.29. The Hall–Kier alpha value is -1.70. The number of hydrogen-bond donors (Lipinski definition) is 1. The fourth-order valence-corrected chi connectivity index (χ4v) is 5.30. The predicted molar refractivity (Wildman–Crippen MR) is 126 cm³/mol. The molecule has 1 aromatic rings. The van der Waals surface area contributed by atoms with E-state index in [9.17, 15) is 4.79 Å². The molecular weight excluding hydrogens is 404 g/mol. The Bertz CT molecular complexity index is 767. The molecule has 4 heterocycles. The number of nitrogens with one attached hydrogen (secondary N) is 1. The van der Waals surface area contributed by atoms with Gasteiger partial charge in [0, 0.05) is 64.1 Å². The number of likely N-dealkylation sites (tertiary alicyclic amines) is 1. The quantitative estimate of drug-likeness (QED) is 0.728. The Kier molecular flexibility index (Phi) is 7.37. The fourth-order valence-electron chi connectivity index (χ4n) is 5.30. The minimum absolute atomic E-state index is 0.0319. The van der Waals surface area contributed by atoms with Crippen molar-refractivity contribution in [2.45, 2.75) is 46.6 Å². The van der Waals surface area contributed by atoms with Crippen molar-refractivity contribution in [3.63, 3.8) is 0 Å². The summed E-state index contributed by atoms with van der Waals surface area (Å²) >= 11 is 0. The third-order valence-electron chi connectivity index (χ3n) is 7.25. The smallest absolute Gasteiger partial charge is 0.225 e. The van der Waals surface area contributed by atoms with E-state index in [1.54, 1.807) is 0 Å². The molecule has 3 saturated heterocycles. The van der Waals surface area contributed by atoms with Crippen molar-refractivity contribution in [3.8, 4) is 0 Å². The second kappa shape index (κ2) is 10.1. The zero-order valence-electron chi connectivity index (χ0n) is 20.1. The van der Waals surface area contributed by atoms with E-state index in [0.717, 1.165) is 90.8 Å². The van der Waals surface area contributed by atoms with Crippen molar-refractivity contribution in [1.29, 1.82) is 0 Å². The van der Waals surface area contributed by atoms with Crippen LogP contribution in [0.2, 0.25) is 0 Å². The standard InChI is InChI=1S/C25H40N4O3/c1-24(2,3)5-9-27-23(30)21-18-28(19-25(21)6-12-31-13-7-25)17-20-4-8-26-22(16-20)29-10-14-32-15-11-29/h4,8,16,21H,5-7,9-15,17-19H2,1-3H3,(H,27,30)/t21-/m1/s1. The van der Waals surface area contributed by atoms with Gasteiger partial charge in [0.15, 0.2) is 0 Å². The second-order valence-corrected chi connectivity index (χ2v) is 10.9. The van der Waals surface area contributed by atoms with Crippen LogP contribution in [-0.2, 0) is 20.8 Å². The number of morpholine rings is 1. The molecule has 0 aliphatic carbocycles. The fraction of sp³-hybridized carbons (Fsp3) is 0.760. The van der Waals surface area contributed by atoms with E-state index in [0.29, 0.717) is 0 Å². The molecule has 0 unspecified atom stereocenters. The molecule has 32 heavy (non-hydrogen) atoms. The topological polar surface area (TPSA) is 66.9 Å². The summed E-state index contributed by atoms with van der Waals surface area (Å²) in [6.45, 7) is 14.9. The SMILES string of the molecule is CC(C)(C)CCNC(=O)[C@H]1CN(Cc2ccnc(N3CCOCC3)c2)CC12CCOCC2. The Morgan fingerprint density at radius 3 is 2.62 bits per heavy atom. The van der Waals surface area contributed by atoms with Gasteiger partial charge >= 0.3 is 0 Å². The van der Waals surface area contributed by atoms with Crippen LogP contribution in [0.3, 0.4) is 0 Å². The highest BCUT2D eigenvalue weighted by Gasteiger charge is 2.50. The predicted octanol–water partition coefficient (Wildman–Crippen LogP) is 2.70. The van der Waals surface area contributed by atoms with E-state index in [2.05, 4.69) is 53.0 Å². The van der Waals surface area contributed by atoms with E-state index in [-0.39, 0.29) is 22.7 Å². The summed E-state index contributed by atoms with van der Waals surface area (Å²) in [4.78, 5) is 22.6. The lowest BCUT2D eigenvalue weighted by molar-refractivity contribution is -0.129. The summed E-state index contributed by atoms with van der Waals surface area (Å²) in [7, 11) is 0. The van der Waals surface area contributed by atoms with E-state index in [1.807, 2.05) is 6.20 Å². The minimum atomic E-state index is 0.0319. The molecule has 0 bridgehead atoms. The molecule has 1 atom stereocenters. The van der Waals surface area contributed by atoms with Gasteiger partial charge < -0.3 is 19.7 Å². The number of rotatable bonds is 6. The monoisotopic (exact) mass is 444 g/mol. The van der Waals surface area contributed by atoms with Crippen LogP contribution in [0.15, 0.2) is 18.3 Å². The summed E-state index contributed by atoms with van der Waals surface area (Å²) in [6.07, 6.45) is 4.84. The normalized spacial score (nSPS) is 24.1. The van der Waals surface area contributed by atoms with Crippen molar-refractivity contribution in [3.05, 3.63) is 23.9 Å². The summed E-state index contributed by atoms with van der Waals surface area (Å²) < 4.78 is 11.1. The second-order valence-electron chi connectivity index (χ2n) is 10.9. The number of carbonyl (C=O) groups is 1. The maximum Gasteiger partial charge on any atom is 0.225 e. The Morgan fingerprint density at radius 2 is 1.91 bits per heavy atom. The number of pyridine rings is 1. The first-order chi connectivity index (χ1) is 15.3. The highest BCUT2D eigenvalue weighted by Crippen LogP contribution is 2.45. The van der Waals surface area contributed by atoms with Crippen LogP contribution in [0.25, 0.3) is 0 Å². The van der Waals surface area contributed by atoms with Crippen molar-refractivity contribution < 1.29 is 14.3 Å². The summed E-state index contributed by atoms with van der Waals surface area (Å²) in [5, 5.41) is 3.25. The highest BCUT2D eigenvalue weighted by atomic mass is 16.5. The highest BCUT2D eigenvalue weighted by molar-refractivity contribution is 5.80. The van der Waals surface area contributed by atoms with Gasteiger partial charge in [0.05, 0.1) is 19.1 Å². The molecule has 1 amide bonds. The first kappa shape index (κ1) is 23.5. The number of ether oxygens (including phenoxy) is 2. The van der Waals surface area contributed by atoms with Gasteiger partial charge in [0.2, 0.25) is 5.91 Å². The molecular formula is C25H40N4O3. The first-order valence-electron chi connectivity index (χ1n) is 12.2. The molecule has 7 nitrogen and oxygen atoms in total. The third kappa shape index (κ3) is 5.80. The van der Waals surface area contributed by atoms with Crippen LogP contribution in [0.5, 0.6) is 0 Å². The van der Waals surface area contributed by atoms with E-state index >= 15 is 0 Å². The van der Waals surface area contributed by atoms with E-state index in [4.69, 9.17) is 9.47 Å². The lowest BCUT2D eigenvalue weighted by Gasteiger charge is -2.37. The summed E-state index contributed by atoms with van der Waals surface area (Å²) in [5.41, 5.74) is 1.52. The molecule has 3 fully saturated rings. The molecule has 1 spiro atoms. The molecule has 1 aromatic heterocycles. The molecule has 1 N–H and O–H groups in total. The average molecular weight is 445 g/mol. The Labute approximate surface area is 192 Å². The molecule has 3 aliphatic rings. The molecule has 7 heteroatoms. The maximum absolute atomic E-state index is 13.3. The van der Waals surface area contributed by atoms with Gasteiger partial charge in [-0.05, 0) is 42.4 Å². The molecule has 3 aliphatic heterocycles. The number of hydrogen-bond acceptors (Lipinski definition) is 6. The third-order valence-corrected chi connectivity index (χ3v) is 7.25.